The molecule has 1 nitrogen and oxygen atoms in total. The summed E-state index contributed by atoms with van der Waals surface area (Å²) in [5, 5.41) is 0. The van der Waals surface area contributed by atoms with Crippen LogP contribution in [0.2, 0.25) is 0 Å². The molecule has 0 saturated heterocycles. The fraction of sp³-hybridized carbons (Fsp3) is 1.00. The van der Waals surface area contributed by atoms with Gasteiger partial charge in [0.05, 0.1) is 0 Å². The molecular weight excluding hydrogens is 374 g/mol. The molecule has 0 amide bonds. The number of hydrogen-bond acceptors (Lipinski definition) is 1. The minimum Gasteiger partial charge on any atom is -0.303 e. The molecule has 0 spiro atoms. The SMILES string of the molecule is CCCCCCCCCCCCCCCCCCCCN(CCCCC)CCCCC. The van der Waals surface area contributed by atoms with E-state index in [1.807, 2.05) is 0 Å². The molecule has 0 aliphatic heterocycles. The molecule has 0 N–H and O–H groups in total. The van der Waals surface area contributed by atoms with Crippen LogP contribution >= 0.6 is 0 Å². The molecule has 0 aromatic heterocycles. The molecular formula is C30H63N. The van der Waals surface area contributed by atoms with Gasteiger partial charge in [-0.2, -0.15) is 0 Å². The van der Waals surface area contributed by atoms with Gasteiger partial charge in [-0.1, -0.05) is 156 Å². The summed E-state index contributed by atoms with van der Waals surface area (Å²) >= 11 is 0. The summed E-state index contributed by atoms with van der Waals surface area (Å²) in [7, 11) is 0. The van der Waals surface area contributed by atoms with Gasteiger partial charge >= 0.3 is 0 Å². The van der Waals surface area contributed by atoms with E-state index in [0.29, 0.717) is 0 Å². The van der Waals surface area contributed by atoms with Gasteiger partial charge in [0.2, 0.25) is 0 Å². The van der Waals surface area contributed by atoms with E-state index in [-0.39, 0.29) is 0 Å². The van der Waals surface area contributed by atoms with Crippen LogP contribution in [-0.4, -0.2) is 24.5 Å². The molecule has 0 aliphatic rings. The average Bonchev–Trinajstić information content (AvgIpc) is 2.78. The lowest BCUT2D eigenvalue weighted by Gasteiger charge is -2.22. The van der Waals surface area contributed by atoms with Crippen LogP contribution in [0.15, 0.2) is 0 Å². The Labute approximate surface area is 199 Å². The van der Waals surface area contributed by atoms with Gasteiger partial charge in [-0.05, 0) is 38.9 Å². The third-order valence-electron chi connectivity index (χ3n) is 6.98. The second kappa shape index (κ2) is 28.0. The van der Waals surface area contributed by atoms with Gasteiger partial charge in [0.25, 0.3) is 0 Å². The van der Waals surface area contributed by atoms with Gasteiger partial charge < -0.3 is 4.90 Å². The van der Waals surface area contributed by atoms with Crippen molar-refractivity contribution in [2.75, 3.05) is 19.6 Å². The Morgan fingerprint density at radius 1 is 0.258 bits per heavy atom. The van der Waals surface area contributed by atoms with Crippen LogP contribution in [0.1, 0.15) is 175 Å². The number of unbranched alkanes of at least 4 members (excludes halogenated alkanes) is 21. The molecule has 0 fully saturated rings. The zero-order chi connectivity index (χ0) is 22.7. The summed E-state index contributed by atoms with van der Waals surface area (Å²) in [4.78, 5) is 2.76. The van der Waals surface area contributed by atoms with Crippen molar-refractivity contribution in [3.8, 4) is 0 Å². The summed E-state index contributed by atoms with van der Waals surface area (Å²) in [5.41, 5.74) is 0. The third kappa shape index (κ3) is 26.1. The van der Waals surface area contributed by atoms with Crippen LogP contribution in [0.4, 0.5) is 0 Å². The van der Waals surface area contributed by atoms with Crippen molar-refractivity contribution in [2.45, 2.75) is 175 Å². The Hall–Kier alpha value is -0.0400. The highest BCUT2D eigenvalue weighted by atomic mass is 15.1. The van der Waals surface area contributed by atoms with Crippen LogP contribution in [0, 0.1) is 0 Å². The van der Waals surface area contributed by atoms with Crippen molar-refractivity contribution in [3.05, 3.63) is 0 Å². The van der Waals surface area contributed by atoms with Gasteiger partial charge in [-0.3, -0.25) is 0 Å². The largest absolute Gasteiger partial charge is 0.303 e. The Balaban J connectivity index is 3.32. The maximum atomic E-state index is 2.76. The number of rotatable bonds is 27. The van der Waals surface area contributed by atoms with Crippen molar-refractivity contribution >= 4 is 0 Å². The first-order chi connectivity index (χ1) is 15.3. The highest BCUT2D eigenvalue weighted by molar-refractivity contribution is 4.59. The van der Waals surface area contributed by atoms with Crippen molar-refractivity contribution in [1.29, 1.82) is 0 Å². The fourth-order valence-corrected chi connectivity index (χ4v) is 4.74. The van der Waals surface area contributed by atoms with Crippen LogP contribution in [-0.2, 0) is 0 Å². The van der Waals surface area contributed by atoms with E-state index in [9.17, 15) is 0 Å². The molecule has 188 valence electrons. The third-order valence-corrected chi connectivity index (χ3v) is 6.98. The summed E-state index contributed by atoms with van der Waals surface area (Å²) in [5.74, 6) is 0. The lowest BCUT2D eigenvalue weighted by atomic mass is 10.0. The monoisotopic (exact) mass is 437 g/mol. The number of nitrogens with zero attached hydrogens (tertiary/aromatic N) is 1. The van der Waals surface area contributed by atoms with E-state index in [4.69, 9.17) is 0 Å². The lowest BCUT2D eigenvalue weighted by Crippen LogP contribution is -2.27. The Morgan fingerprint density at radius 3 is 0.742 bits per heavy atom. The quantitative estimate of drug-likeness (QED) is 0.115. The first-order valence-corrected chi connectivity index (χ1v) is 15.1. The summed E-state index contributed by atoms with van der Waals surface area (Å²) in [6.45, 7) is 11.0. The Bertz CT molecular complexity index is 291. The first kappa shape index (κ1) is 31.0. The maximum Gasteiger partial charge on any atom is -0.00187 e. The molecule has 0 unspecified atom stereocenters. The predicted molar refractivity (Wildman–Crippen MR) is 144 cm³/mol. The zero-order valence-electron chi connectivity index (χ0n) is 22.5. The van der Waals surface area contributed by atoms with Crippen LogP contribution in [0.25, 0.3) is 0 Å². The smallest absolute Gasteiger partial charge is 0.00187 e. The van der Waals surface area contributed by atoms with Crippen molar-refractivity contribution in [1.82, 2.24) is 4.90 Å². The minimum atomic E-state index is 1.34. The maximum absolute atomic E-state index is 2.76. The molecule has 0 bridgehead atoms. The van der Waals surface area contributed by atoms with Crippen molar-refractivity contribution in [3.63, 3.8) is 0 Å². The molecule has 1 heteroatoms. The highest BCUT2D eigenvalue weighted by Gasteiger charge is 2.04. The summed E-state index contributed by atoms with van der Waals surface area (Å²) in [6.07, 6.45) is 34.8. The van der Waals surface area contributed by atoms with E-state index >= 15 is 0 Å². The van der Waals surface area contributed by atoms with Crippen molar-refractivity contribution < 1.29 is 0 Å². The molecule has 0 heterocycles. The van der Waals surface area contributed by atoms with Crippen molar-refractivity contribution in [2.24, 2.45) is 0 Å². The summed E-state index contributed by atoms with van der Waals surface area (Å²) in [6, 6.07) is 0. The molecule has 0 rings (SSSR count). The van der Waals surface area contributed by atoms with Gasteiger partial charge in [0, 0.05) is 0 Å². The molecule has 0 aromatic rings. The van der Waals surface area contributed by atoms with E-state index in [1.54, 1.807) is 0 Å². The van der Waals surface area contributed by atoms with E-state index < -0.39 is 0 Å². The van der Waals surface area contributed by atoms with E-state index in [0.717, 1.165) is 0 Å². The highest BCUT2D eigenvalue weighted by Crippen LogP contribution is 2.14. The molecule has 0 aliphatic carbocycles. The predicted octanol–water partition coefficient (Wildman–Crippen LogP) is 10.7. The second-order valence-corrected chi connectivity index (χ2v) is 10.3. The standard InChI is InChI=1S/C30H63N/c1-4-7-10-11-12-13-14-15-16-17-18-19-20-21-22-23-24-27-30-31(28-25-8-5-2)29-26-9-6-3/h4-30H2,1-3H3. The fourth-order valence-electron chi connectivity index (χ4n) is 4.74. The van der Waals surface area contributed by atoms with Crippen LogP contribution < -0.4 is 0 Å². The minimum absolute atomic E-state index is 1.34. The first-order valence-electron chi connectivity index (χ1n) is 15.1. The second-order valence-electron chi connectivity index (χ2n) is 10.3. The van der Waals surface area contributed by atoms with E-state index in [1.165, 1.54) is 174 Å². The Morgan fingerprint density at radius 2 is 0.452 bits per heavy atom. The summed E-state index contributed by atoms with van der Waals surface area (Å²) < 4.78 is 0. The normalized spacial score (nSPS) is 11.6. The zero-order valence-corrected chi connectivity index (χ0v) is 22.5. The van der Waals surface area contributed by atoms with Crippen LogP contribution in [0.3, 0.4) is 0 Å². The van der Waals surface area contributed by atoms with Crippen LogP contribution in [0.5, 0.6) is 0 Å². The molecule has 0 aromatic carbocycles. The van der Waals surface area contributed by atoms with E-state index in [2.05, 4.69) is 25.7 Å². The topological polar surface area (TPSA) is 3.24 Å². The molecule has 31 heavy (non-hydrogen) atoms. The molecule has 0 saturated carbocycles. The average molecular weight is 438 g/mol. The lowest BCUT2D eigenvalue weighted by molar-refractivity contribution is 0.255. The van der Waals surface area contributed by atoms with Gasteiger partial charge in [0.15, 0.2) is 0 Å². The number of hydrogen-bond donors (Lipinski definition) is 0. The molecule has 0 atom stereocenters. The van der Waals surface area contributed by atoms with Gasteiger partial charge in [-0.15, -0.1) is 0 Å². The molecule has 0 radical (unpaired) electrons. The Kier molecular flexibility index (Phi) is 28.0. The van der Waals surface area contributed by atoms with Gasteiger partial charge in [0.1, 0.15) is 0 Å². The van der Waals surface area contributed by atoms with Gasteiger partial charge in [-0.25, -0.2) is 0 Å².